The molecule has 0 saturated heterocycles. The van der Waals surface area contributed by atoms with Gasteiger partial charge in [0, 0.05) is 11.3 Å². The first-order valence-corrected chi connectivity index (χ1v) is 15.8. The fraction of sp³-hybridized carbons (Fsp3) is 0.162. The molecule has 1 aromatic heterocycles. The SMILES string of the molecule is CCOc1ccc([C@@H]2C(C(=O)Nc3ccccc3)=C(C)N=c3s/c(=C\c4ccc(OCc5ccccc5F)c(OC)c4)c(=O)n32)cc1. The molecule has 47 heavy (non-hydrogen) atoms. The van der Waals surface area contributed by atoms with Crippen molar-refractivity contribution in [2.75, 3.05) is 19.0 Å². The van der Waals surface area contributed by atoms with E-state index in [1.54, 1.807) is 66.1 Å². The molecule has 238 valence electrons. The van der Waals surface area contributed by atoms with E-state index in [1.165, 1.54) is 24.5 Å². The van der Waals surface area contributed by atoms with Gasteiger partial charge in [-0.25, -0.2) is 9.38 Å². The number of ether oxygens (including phenoxy) is 3. The van der Waals surface area contributed by atoms with Crippen molar-refractivity contribution in [3.8, 4) is 17.2 Å². The van der Waals surface area contributed by atoms with Crippen LogP contribution in [0.3, 0.4) is 0 Å². The Hall–Kier alpha value is -5.48. The smallest absolute Gasteiger partial charge is 0.271 e. The number of fused-ring (bicyclic) bond motifs is 1. The third kappa shape index (κ3) is 6.73. The second kappa shape index (κ2) is 13.9. The van der Waals surface area contributed by atoms with Gasteiger partial charge in [0.2, 0.25) is 0 Å². The highest BCUT2D eigenvalue weighted by Crippen LogP contribution is 2.32. The van der Waals surface area contributed by atoms with Crippen LogP contribution < -0.4 is 34.4 Å². The molecule has 0 bridgehead atoms. The van der Waals surface area contributed by atoms with Gasteiger partial charge >= 0.3 is 0 Å². The molecular weight excluding hydrogens is 617 g/mol. The Bertz CT molecular complexity index is 2140. The Morgan fingerprint density at radius 2 is 1.72 bits per heavy atom. The van der Waals surface area contributed by atoms with Gasteiger partial charge in [0.05, 0.1) is 35.6 Å². The van der Waals surface area contributed by atoms with Crippen LogP contribution in [0.2, 0.25) is 0 Å². The number of carbonyl (C=O) groups excluding carboxylic acids is 1. The van der Waals surface area contributed by atoms with Crippen LogP contribution in [0.15, 0.2) is 118 Å². The van der Waals surface area contributed by atoms with Crippen molar-refractivity contribution < 1.29 is 23.4 Å². The fourth-order valence-corrected chi connectivity index (χ4v) is 6.42. The minimum Gasteiger partial charge on any atom is -0.494 e. The average Bonchev–Trinajstić information content (AvgIpc) is 3.38. The summed E-state index contributed by atoms with van der Waals surface area (Å²) in [7, 11) is 1.52. The zero-order chi connectivity index (χ0) is 32.9. The van der Waals surface area contributed by atoms with Crippen LogP contribution in [-0.4, -0.2) is 24.2 Å². The normalized spacial score (nSPS) is 14.3. The van der Waals surface area contributed by atoms with Crippen LogP contribution in [0.25, 0.3) is 6.08 Å². The van der Waals surface area contributed by atoms with Crippen LogP contribution in [-0.2, 0) is 11.4 Å². The molecule has 1 amide bonds. The summed E-state index contributed by atoms with van der Waals surface area (Å²) < 4.78 is 33.2. The molecule has 0 radical (unpaired) electrons. The van der Waals surface area contributed by atoms with Crippen molar-refractivity contribution in [3.05, 3.63) is 151 Å². The Kier molecular flexibility index (Phi) is 9.30. The average molecular weight is 650 g/mol. The standard InChI is InChI=1S/C37H32FN3O5S/c1-4-45-28-17-15-25(16-18-28)34-33(35(42)40-27-11-6-5-7-12-27)23(2)39-37-41(34)36(43)32(47-37)21-24-14-19-30(31(20-24)44-3)46-22-26-10-8-9-13-29(26)38/h5-21,34H,4,22H2,1-3H3,(H,40,42)/b32-21-/t34-/m1/s1. The lowest BCUT2D eigenvalue weighted by atomic mass is 9.95. The van der Waals surface area contributed by atoms with Crippen molar-refractivity contribution in [2.45, 2.75) is 26.5 Å². The van der Waals surface area contributed by atoms with E-state index in [0.717, 1.165) is 5.56 Å². The molecule has 5 aromatic rings. The predicted molar refractivity (Wildman–Crippen MR) is 180 cm³/mol. The second-order valence-electron chi connectivity index (χ2n) is 10.7. The van der Waals surface area contributed by atoms with Crippen molar-refractivity contribution in [3.63, 3.8) is 0 Å². The van der Waals surface area contributed by atoms with Crippen LogP contribution >= 0.6 is 11.3 Å². The molecule has 10 heteroatoms. The highest BCUT2D eigenvalue weighted by Gasteiger charge is 2.32. The topological polar surface area (TPSA) is 91.2 Å². The Labute approximate surface area is 274 Å². The van der Waals surface area contributed by atoms with Gasteiger partial charge < -0.3 is 19.5 Å². The Morgan fingerprint density at radius 3 is 2.45 bits per heavy atom. The van der Waals surface area contributed by atoms with Gasteiger partial charge in [-0.3, -0.25) is 14.2 Å². The first-order chi connectivity index (χ1) is 22.9. The largest absolute Gasteiger partial charge is 0.494 e. The summed E-state index contributed by atoms with van der Waals surface area (Å²) >= 11 is 1.24. The van der Waals surface area contributed by atoms with Crippen LogP contribution in [0.4, 0.5) is 10.1 Å². The summed E-state index contributed by atoms with van der Waals surface area (Å²) in [5.41, 5.74) is 3.10. The summed E-state index contributed by atoms with van der Waals surface area (Å²) in [6, 6.07) is 27.5. The molecule has 2 heterocycles. The van der Waals surface area contributed by atoms with Gasteiger partial charge in [-0.2, -0.15) is 0 Å². The Balaban J connectivity index is 1.38. The molecule has 0 saturated carbocycles. The van der Waals surface area contributed by atoms with Crippen LogP contribution in [0.5, 0.6) is 17.2 Å². The summed E-state index contributed by atoms with van der Waals surface area (Å²) in [5, 5.41) is 2.96. The highest BCUT2D eigenvalue weighted by molar-refractivity contribution is 7.07. The van der Waals surface area contributed by atoms with Gasteiger partial charge in [0.15, 0.2) is 16.3 Å². The minimum absolute atomic E-state index is 0.0338. The number of hydrogen-bond acceptors (Lipinski definition) is 7. The number of para-hydroxylation sites is 1. The summed E-state index contributed by atoms with van der Waals surface area (Å²) in [5.74, 6) is 0.870. The molecular formula is C37H32FN3O5S. The molecule has 0 unspecified atom stereocenters. The molecule has 0 aliphatic carbocycles. The number of hydrogen-bond donors (Lipinski definition) is 1. The Morgan fingerprint density at radius 1 is 0.979 bits per heavy atom. The van der Waals surface area contributed by atoms with Gasteiger partial charge in [-0.05, 0) is 73.5 Å². The highest BCUT2D eigenvalue weighted by atomic mass is 32.1. The number of nitrogens with zero attached hydrogens (tertiary/aromatic N) is 2. The van der Waals surface area contributed by atoms with E-state index in [0.29, 0.717) is 61.3 Å². The fourth-order valence-electron chi connectivity index (χ4n) is 5.38. The molecule has 0 spiro atoms. The number of thiazole rings is 1. The first kappa shape index (κ1) is 31.5. The molecule has 0 fully saturated rings. The number of allylic oxidation sites excluding steroid dienone is 1. The number of nitrogens with one attached hydrogen (secondary N) is 1. The van der Waals surface area contributed by atoms with E-state index in [1.807, 2.05) is 49.4 Å². The third-order valence-corrected chi connectivity index (χ3v) is 8.61. The minimum atomic E-state index is -0.725. The number of methoxy groups -OCH3 is 1. The van der Waals surface area contributed by atoms with E-state index in [4.69, 9.17) is 19.2 Å². The maximum absolute atomic E-state index is 14.1. The van der Waals surface area contributed by atoms with Crippen molar-refractivity contribution in [1.29, 1.82) is 0 Å². The maximum atomic E-state index is 14.1. The van der Waals surface area contributed by atoms with Gasteiger partial charge in [-0.1, -0.05) is 65.9 Å². The molecule has 1 atom stereocenters. The molecule has 8 nitrogen and oxygen atoms in total. The van der Waals surface area contributed by atoms with E-state index >= 15 is 0 Å². The number of halogens is 1. The number of benzene rings is 4. The third-order valence-electron chi connectivity index (χ3n) is 7.63. The van der Waals surface area contributed by atoms with Gasteiger partial charge in [-0.15, -0.1) is 0 Å². The zero-order valence-electron chi connectivity index (χ0n) is 26.0. The maximum Gasteiger partial charge on any atom is 0.271 e. The summed E-state index contributed by atoms with van der Waals surface area (Å²) in [4.78, 5) is 33.1. The van der Waals surface area contributed by atoms with E-state index in [2.05, 4.69) is 5.32 Å². The number of rotatable bonds is 10. The molecule has 1 N–H and O–H groups in total. The van der Waals surface area contributed by atoms with E-state index in [-0.39, 0.29) is 23.9 Å². The lowest BCUT2D eigenvalue weighted by molar-refractivity contribution is -0.113. The van der Waals surface area contributed by atoms with Crippen molar-refractivity contribution in [2.24, 2.45) is 4.99 Å². The van der Waals surface area contributed by atoms with Crippen LogP contribution in [0, 0.1) is 5.82 Å². The predicted octanol–water partition coefficient (Wildman–Crippen LogP) is 6.00. The van der Waals surface area contributed by atoms with E-state index in [9.17, 15) is 14.0 Å². The van der Waals surface area contributed by atoms with E-state index < -0.39 is 6.04 Å². The molecule has 4 aromatic carbocycles. The number of anilines is 1. The monoisotopic (exact) mass is 649 g/mol. The second-order valence-corrected chi connectivity index (χ2v) is 11.7. The molecule has 1 aliphatic heterocycles. The zero-order valence-corrected chi connectivity index (χ0v) is 26.8. The van der Waals surface area contributed by atoms with Crippen molar-refractivity contribution in [1.82, 2.24) is 4.57 Å². The number of carbonyl (C=O) groups is 1. The molecule has 1 aliphatic rings. The summed E-state index contributed by atoms with van der Waals surface area (Å²) in [6.07, 6.45) is 1.76. The van der Waals surface area contributed by atoms with Gasteiger partial charge in [0.25, 0.3) is 11.5 Å². The quantitative estimate of drug-likeness (QED) is 0.201. The first-order valence-electron chi connectivity index (χ1n) is 15.0. The van der Waals surface area contributed by atoms with Crippen LogP contribution in [0.1, 0.15) is 36.6 Å². The number of aromatic nitrogens is 1. The number of amides is 1. The lowest BCUT2D eigenvalue weighted by Crippen LogP contribution is -2.40. The van der Waals surface area contributed by atoms with Gasteiger partial charge in [0.1, 0.15) is 18.2 Å². The van der Waals surface area contributed by atoms with Crippen molar-refractivity contribution >= 4 is 29.0 Å². The molecule has 6 rings (SSSR count). The summed E-state index contributed by atoms with van der Waals surface area (Å²) in [6.45, 7) is 4.24. The lowest BCUT2D eigenvalue weighted by Gasteiger charge is -2.25.